The van der Waals surface area contributed by atoms with Crippen LogP contribution < -0.4 is 10.2 Å². The average Bonchev–Trinajstić information content (AvgIpc) is 2.33. The molecule has 0 fully saturated rings. The van der Waals surface area contributed by atoms with Crippen LogP contribution in [0, 0.1) is 0 Å². The minimum absolute atomic E-state index is 0.574. The van der Waals surface area contributed by atoms with E-state index < -0.39 is 0 Å². The first-order valence-electron chi connectivity index (χ1n) is 6.33. The fourth-order valence-electron chi connectivity index (χ4n) is 2.08. The molecule has 0 aliphatic carbocycles. The van der Waals surface area contributed by atoms with Gasteiger partial charge >= 0.3 is 0 Å². The molecule has 0 saturated carbocycles. The molecular weight excluding hydrogens is 276 g/mol. The van der Waals surface area contributed by atoms with Gasteiger partial charge in [0.1, 0.15) is 0 Å². The standard InChI is InChI=1S/C14H23BrN2/c1-5-11(3)17(6-2)14-9-13(15)8-7-12(14)10-16-4/h7-9,11,16H,5-6,10H2,1-4H3. The molecule has 0 spiro atoms. The van der Waals surface area contributed by atoms with E-state index in [1.165, 1.54) is 17.7 Å². The van der Waals surface area contributed by atoms with Crippen molar-refractivity contribution in [2.75, 3.05) is 18.5 Å². The fourth-order valence-corrected chi connectivity index (χ4v) is 2.43. The normalized spacial score (nSPS) is 12.5. The summed E-state index contributed by atoms with van der Waals surface area (Å²) in [6.45, 7) is 8.70. The molecule has 0 saturated heterocycles. The Hall–Kier alpha value is -0.540. The highest BCUT2D eigenvalue weighted by Crippen LogP contribution is 2.27. The number of hydrogen-bond donors (Lipinski definition) is 1. The van der Waals surface area contributed by atoms with Crippen LogP contribution in [0.5, 0.6) is 0 Å². The minimum Gasteiger partial charge on any atom is -0.369 e. The molecule has 3 heteroatoms. The van der Waals surface area contributed by atoms with Crippen LogP contribution in [0.3, 0.4) is 0 Å². The van der Waals surface area contributed by atoms with Gasteiger partial charge in [0.2, 0.25) is 0 Å². The molecule has 1 aromatic rings. The number of benzene rings is 1. The molecule has 1 atom stereocenters. The fraction of sp³-hybridized carbons (Fsp3) is 0.571. The Kier molecular flexibility index (Phi) is 6.00. The summed E-state index contributed by atoms with van der Waals surface area (Å²) >= 11 is 3.57. The van der Waals surface area contributed by atoms with Gasteiger partial charge < -0.3 is 10.2 Å². The molecule has 1 N–H and O–H groups in total. The molecule has 0 radical (unpaired) electrons. The van der Waals surface area contributed by atoms with E-state index in [0.29, 0.717) is 6.04 Å². The Bertz CT molecular complexity index is 352. The Morgan fingerprint density at radius 1 is 1.35 bits per heavy atom. The van der Waals surface area contributed by atoms with E-state index >= 15 is 0 Å². The lowest BCUT2D eigenvalue weighted by molar-refractivity contribution is 0.625. The van der Waals surface area contributed by atoms with E-state index in [9.17, 15) is 0 Å². The third-order valence-electron chi connectivity index (χ3n) is 3.19. The molecule has 0 aliphatic rings. The molecular formula is C14H23BrN2. The third-order valence-corrected chi connectivity index (χ3v) is 3.68. The van der Waals surface area contributed by atoms with Crippen LogP contribution in [0.4, 0.5) is 5.69 Å². The lowest BCUT2D eigenvalue weighted by Gasteiger charge is -2.31. The van der Waals surface area contributed by atoms with E-state index in [0.717, 1.165) is 17.6 Å². The summed E-state index contributed by atoms with van der Waals surface area (Å²) in [5, 5.41) is 3.24. The van der Waals surface area contributed by atoms with Crippen molar-refractivity contribution in [1.82, 2.24) is 5.32 Å². The van der Waals surface area contributed by atoms with Crippen LogP contribution >= 0.6 is 15.9 Å². The molecule has 0 amide bonds. The highest BCUT2D eigenvalue weighted by molar-refractivity contribution is 9.10. The van der Waals surface area contributed by atoms with E-state index in [1.54, 1.807) is 0 Å². The van der Waals surface area contributed by atoms with Crippen LogP contribution in [0.2, 0.25) is 0 Å². The van der Waals surface area contributed by atoms with Gasteiger partial charge in [-0.05, 0) is 45.0 Å². The van der Waals surface area contributed by atoms with Crippen molar-refractivity contribution in [3.8, 4) is 0 Å². The van der Waals surface area contributed by atoms with Gasteiger partial charge in [-0.15, -0.1) is 0 Å². The van der Waals surface area contributed by atoms with Crippen molar-refractivity contribution in [1.29, 1.82) is 0 Å². The highest BCUT2D eigenvalue weighted by atomic mass is 79.9. The maximum absolute atomic E-state index is 3.57. The van der Waals surface area contributed by atoms with Crippen LogP contribution in [0.25, 0.3) is 0 Å². The quantitative estimate of drug-likeness (QED) is 0.859. The lowest BCUT2D eigenvalue weighted by atomic mass is 10.1. The van der Waals surface area contributed by atoms with Crippen LogP contribution in [0.15, 0.2) is 22.7 Å². The summed E-state index contributed by atoms with van der Waals surface area (Å²) in [7, 11) is 1.99. The van der Waals surface area contributed by atoms with Gasteiger partial charge in [-0.3, -0.25) is 0 Å². The molecule has 1 unspecified atom stereocenters. The predicted octanol–water partition coefficient (Wildman–Crippen LogP) is 3.79. The topological polar surface area (TPSA) is 15.3 Å². The molecule has 0 aliphatic heterocycles. The molecule has 2 nitrogen and oxygen atoms in total. The Morgan fingerprint density at radius 2 is 2.06 bits per heavy atom. The maximum atomic E-state index is 3.57. The van der Waals surface area contributed by atoms with Crippen molar-refractivity contribution in [2.45, 2.75) is 39.8 Å². The zero-order valence-electron chi connectivity index (χ0n) is 11.3. The molecule has 0 bridgehead atoms. The van der Waals surface area contributed by atoms with E-state index in [1.807, 2.05) is 7.05 Å². The first-order chi connectivity index (χ1) is 8.13. The van der Waals surface area contributed by atoms with Crippen molar-refractivity contribution in [2.24, 2.45) is 0 Å². The number of halogens is 1. The Balaban J connectivity index is 3.10. The predicted molar refractivity (Wildman–Crippen MR) is 79.7 cm³/mol. The Labute approximate surface area is 114 Å². The number of rotatable bonds is 6. The van der Waals surface area contributed by atoms with E-state index in [2.05, 4.69) is 65.1 Å². The number of nitrogens with zero attached hydrogens (tertiary/aromatic N) is 1. The summed E-state index contributed by atoms with van der Waals surface area (Å²) in [4.78, 5) is 2.47. The van der Waals surface area contributed by atoms with Gasteiger partial charge in [0, 0.05) is 29.3 Å². The molecule has 0 aromatic heterocycles. The summed E-state index contributed by atoms with van der Waals surface area (Å²) in [5.74, 6) is 0. The summed E-state index contributed by atoms with van der Waals surface area (Å²) in [6.07, 6.45) is 1.17. The molecule has 1 rings (SSSR count). The largest absolute Gasteiger partial charge is 0.369 e. The number of anilines is 1. The molecule has 17 heavy (non-hydrogen) atoms. The highest BCUT2D eigenvalue weighted by Gasteiger charge is 2.14. The number of hydrogen-bond acceptors (Lipinski definition) is 2. The monoisotopic (exact) mass is 298 g/mol. The van der Waals surface area contributed by atoms with Crippen molar-refractivity contribution in [3.05, 3.63) is 28.2 Å². The second kappa shape index (κ2) is 7.02. The van der Waals surface area contributed by atoms with Gasteiger partial charge in [-0.25, -0.2) is 0 Å². The second-order valence-electron chi connectivity index (χ2n) is 4.35. The third kappa shape index (κ3) is 3.71. The summed E-state index contributed by atoms with van der Waals surface area (Å²) in [5.41, 5.74) is 2.70. The van der Waals surface area contributed by atoms with Crippen LogP contribution in [-0.2, 0) is 6.54 Å². The first-order valence-corrected chi connectivity index (χ1v) is 7.12. The van der Waals surface area contributed by atoms with Gasteiger partial charge in [-0.1, -0.05) is 28.9 Å². The van der Waals surface area contributed by atoms with Gasteiger partial charge in [0.05, 0.1) is 0 Å². The van der Waals surface area contributed by atoms with Crippen molar-refractivity contribution >= 4 is 21.6 Å². The lowest BCUT2D eigenvalue weighted by Crippen LogP contribution is -2.33. The number of nitrogens with one attached hydrogen (secondary N) is 1. The maximum Gasteiger partial charge on any atom is 0.0425 e. The summed E-state index contributed by atoms with van der Waals surface area (Å²) in [6, 6.07) is 7.11. The van der Waals surface area contributed by atoms with Crippen molar-refractivity contribution < 1.29 is 0 Å². The summed E-state index contributed by atoms with van der Waals surface area (Å²) < 4.78 is 1.15. The minimum atomic E-state index is 0.574. The van der Waals surface area contributed by atoms with Gasteiger partial charge in [0.25, 0.3) is 0 Å². The molecule has 0 heterocycles. The Morgan fingerprint density at radius 3 is 2.59 bits per heavy atom. The second-order valence-corrected chi connectivity index (χ2v) is 5.26. The van der Waals surface area contributed by atoms with Crippen LogP contribution in [0.1, 0.15) is 32.8 Å². The van der Waals surface area contributed by atoms with E-state index in [4.69, 9.17) is 0 Å². The zero-order valence-corrected chi connectivity index (χ0v) is 12.8. The average molecular weight is 299 g/mol. The van der Waals surface area contributed by atoms with Gasteiger partial charge in [-0.2, -0.15) is 0 Å². The van der Waals surface area contributed by atoms with Gasteiger partial charge in [0.15, 0.2) is 0 Å². The molecule has 96 valence electrons. The molecule has 1 aromatic carbocycles. The van der Waals surface area contributed by atoms with E-state index in [-0.39, 0.29) is 0 Å². The SMILES string of the molecule is CCC(C)N(CC)c1cc(Br)ccc1CNC. The zero-order chi connectivity index (χ0) is 12.8. The van der Waals surface area contributed by atoms with Crippen LogP contribution in [-0.4, -0.2) is 19.6 Å². The smallest absolute Gasteiger partial charge is 0.0425 e. The van der Waals surface area contributed by atoms with Crippen molar-refractivity contribution in [3.63, 3.8) is 0 Å². The first kappa shape index (κ1) is 14.5.